The van der Waals surface area contributed by atoms with Gasteiger partial charge >= 0.3 is 0 Å². The van der Waals surface area contributed by atoms with Crippen LogP contribution in [0, 0.1) is 0 Å². The molecule has 8 heteroatoms. The largest absolute Gasteiger partial charge is 0.457 e. The van der Waals surface area contributed by atoms with Crippen LogP contribution in [0.3, 0.4) is 0 Å². The number of benzene rings is 6. The molecule has 0 aliphatic rings. The third-order valence-electron chi connectivity index (χ3n) is 8.56. The summed E-state index contributed by atoms with van der Waals surface area (Å²) >= 11 is 0. The summed E-state index contributed by atoms with van der Waals surface area (Å²) in [6.45, 7) is 0. The van der Waals surface area contributed by atoms with Gasteiger partial charge in [-0.15, -0.1) is 0 Å². The van der Waals surface area contributed by atoms with Crippen molar-refractivity contribution >= 4 is 12.6 Å². The summed E-state index contributed by atoms with van der Waals surface area (Å²) in [6, 6.07) is 49.7. The highest BCUT2D eigenvalue weighted by molar-refractivity contribution is 5.79. The van der Waals surface area contributed by atoms with Gasteiger partial charge < -0.3 is 9.47 Å². The Morgan fingerprint density at radius 3 is 1.10 bits per heavy atom. The molecule has 0 fully saturated rings. The molecule has 0 saturated heterocycles. The number of ether oxygens (including phenoxy) is 2. The van der Waals surface area contributed by atoms with Gasteiger partial charge in [-0.25, -0.2) is 9.97 Å². The molecular weight excluding hydrogens is 649 g/mol. The SMILES string of the molecule is O=Cc1ccc(-c2cnc(-c3ncc(-c4ccc(C=O)cc4)n3-c3ccc(Oc4ccccc4)cc3)n2-c2ccc(Oc3ccccc3)cc2)cc1. The minimum absolute atomic E-state index is 0.581. The van der Waals surface area contributed by atoms with E-state index >= 15 is 0 Å². The second-order valence-electron chi connectivity index (χ2n) is 11.9. The van der Waals surface area contributed by atoms with Crippen molar-refractivity contribution in [1.82, 2.24) is 19.1 Å². The summed E-state index contributed by atoms with van der Waals surface area (Å²) in [5.41, 5.74) is 6.19. The van der Waals surface area contributed by atoms with Crippen LogP contribution in [0.2, 0.25) is 0 Å². The van der Waals surface area contributed by atoms with E-state index in [1.807, 2.05) is 155 Å². The molecule has 0 spiro atoms. The fourth-order valence-electron chi connectivity index (χ4n) is 5.99. The summed E-state index contributed by atoms with van der Waals surface area (Å²) in [4.78, 5) is 32.9. The number of aromatic nitrogens is 4. The van der Waals surface area contributed by atoms with Gasteiger partial charge in [0, 0.05) is 33.6 Å². The molecule has 0 saturated carbocycles. The lowest BCUT2D eigenvalue weighted by molar-refractivity contribution is 0.111. The second-order valence-corrected chi connectivity index (χ2v) is 11.9. The zero-order valence-corrected chi connectivity index (χ0v) is 27.7. The lowest BCUT2D eigenvalue weighted by Gasteiger charge is -2.16. The number of nitrogens with zero attached hydrogens (tertiary/aromatic N) is 4. The third-order valence-corrected chi connectivity index (χ3v) is 8.56. The van der Waals surface area contributed by atoms with Crippen molar-refractivity contribution in [2.45, 2.75) is 0 Å². The minimum Gasteiger partial charge on any atom is -0.457 e. The minimum atomic E-state index is 0.581. The number of imidazole rings is 2. The van der Waals surface area contributed by atoms with Crippen LogP contribution in [0.4, 0.5) is 0 Å². The van der Waals surface area contributed by atoms with Gasteiger partial charge in [0.2, 0.25) is 0 Å². The first-order valence-electron chi connectivity index (χ1n) is 16.6. The quantitative estimate of drug-likeness (QED) is 0.127. The molecule has 8 rings (SSSR count). The Bertz CT molecular complexity index is 2280. The van der Waals surface area contributed by atoms with E-state index in [-0.39, 0.29) is 0 Å². The Morgan fingerprint density at radius 2 is 0.750 bits per heavy atom. The van der Waals surface area contributed by atoms with Gasteiger partial charge in [-0.05, 0) is 72.8 Å². The van der Waals surface area contributed by atoms with Crippen LogP contribution in [0.15, 0.2) is 170 Å². The van der Waals surface area contributed by atoms with Crippen molar-refractivity contribution < 1.29 is 19.1 Å². The average Bonchev–Trinajstić information content (AvgIpc) is 3.85. The number of hydrogen-bond acceptors (Lipinski definition) is 6. The molecule has 0 unspecified atom stereocenters. The highest BCUT2D eigenvalue weighted by Gasteiger charge is 2.23. The molecule has 8 aromatic rings. The van der Waals surface area contributed by atoms with Crippen LogP contribution in [-0.2, 0) is 0 Å². The molecule has 0 aliphatic heterocycles. The topological polar surface area (TPSA) is 88.2 Å². The maximum atomic E-state index is 11.5. The predicted octanol–water partition coefficient (Wildman–Crippen LogP) is 10.3. The van der Waals surface area contributed by atoms with Gasteiger partial charge in [-0.2, -0.15) is 0 Å². The lowest BCUT2D eigenvalue weighted by Crippen LogP contribution is -2.06. The summed E-state index contributed by atoms with van der Waals surface area (Å²) < 4.78 is 16.3. The number of hydrogen-bond donors (Lipinski definition) is 0. The maximum Gasteiger partial charge on any atom is 0.181 e. The molecule has 0 atom stereocenters. The van der Waals surface area contributed by atoms with E-state index in [2.05, 4.69) is 0 Å². The number of rotatable bonds is 11. The number of para-hydroxylation sites is 2. The Kier molecular flexibility index (Phi) is 8.76. The highest BCUT2D eigenvalue weighted by Crippen LogP contribution is 2.36. The summed E-state index contributed by atoms with van der Waals surface area (Å²) in [6.07, 6.45) is 5.28. The lowest BCUT2D eigenvalue weighted by atomic mass is 10.1. The van der Waals surface area contributed by atoms with E-state index in [1.54, 1.807) is 24.3 Å². The summed E-state index contributed by atoms with van der Waals surface area (Å²) in [5.74, 6) is 4.04. The van der Waals surface area contributed by atoms with Crippen LogP contribution in [-0.4, -0.2) is 31.7 Å². The van der Waals surface area contributed by atoms with Crippen molar-refractivity contribution in [2.75, 3.05) is 0 Å². The third kappa shape index (κ3) is 6.51. The molecule has 0 aliphatic carbocycles. The first kappa shape index (κ1) is 31.9. The van der Waals surface area contributed by atoms with Crippen LogP contribution in [0.1, 0.15) is 20.7 Å². The number of carbonyl (C=O) groups is 2. The Labute approximate surface area is 299 Å². The van der Waals surface area contributed by atoms with E-state index in [9.17, 15) is 9.59 Å². The van der Waals surface area contributed by atoms with Crippen molar-refractivity contribution in [3.63, 3.8) is 0 Å². The molecule has 2 aromatic heterocycles. The number of aldehydes is 2. The molecule has 2 heterocycles. The van der Waals surface area contributed by atoms with Crippen LogP contribution >= 0.6 is 0 Å². The Morgan fingerprint density at radius 1 is 0.404 bits per heavy atom. The monoisotopic (exact) mass is 678 g/mol. The van der Waals surface area contributed by atoms with E-state index in [4.69, 9.17) is 19.4 Å². The fourth-order valence-corrected chi connectivity index (χ4v) is 5.99. The van der Waals surface area contributed by atoms with Crippen molar-refractivity contribution in [3.8, 4) is 68.5 Å². The zero-order chi connectivity index (χ0) is 35.3. The molecule has 0 amide bonds. The first-order valence-corrected chi connectivity index (χ1v) is 16.6. The van der Waals surface area contributed by atoms with Crippen LogP contribution in [0.5, 0.6) is 23.0 Å². The van der Waals surface area contributed by atoms with Gasteiger partial charge in [-0.3, -0.25) is 18.7 Å². The zero-order valence-electron chi connectivity index (χ0n) is 27.7. The van der Waals surface area contributed by atoms with Crippen LogP contribution < -0.4 is 9.47 Å². The van der Waals surface area contributed by atoms with Gasteiger partial charge in [0.15, 0.2) is 11.6 Å². The molecule has 0 N–H and O–H groups in total. The highest BCUT2D eigenvalue weighted by atomic mass is 16.5. The van der Waals surface area contributed by atoms with Crippen molar-refractivity contribution in [3.05, 3.63) is 181 Å². The maximum absolute atomic E-state index is 11.5. The standard InChI is InChI=1S/C44H30N4O4/c49-29-31-11-15-33(16-12-31)41-27-45-43(47(41)35-19-23-39(24-20-35)51-37-7-3-1-4-8-37)44-46-28-42(34-17-13-32(30-50)14-18-34)48(44)36-21-25-40(26-22-36)52-38-9-5-2-6-10-38/h1-30H. The average molecular weight is 679 g/mol. The van der Waals surface area contributed by atoms with Gasteiger partial charge in [0.05, 0.1) is 23.8 Å². The van der Waals surface area contributed by atoms with Gasteiger partial charge in [0.25, 0.3) is 0 Å². The smallest absolute Gasteiger partial charge is 0.181 e. The predicted molar refractivity (Wildman–Crippen MR) is 201 cm³/mol. The second kappa shape index (κ2) is 14.3. The van der Waals surface area contributed by atoms with Crippen LogP contribution in [0.25, 0.3) is 45.5 Å². The Balaban J connectivity index is 1.27. The molecule has 250 valence electrons. The van der Waals surface area contributed by atoms with E-state index in [0.29, 0.717) is 34.3 Å². The van der Waals surface area contributed by atoms with E-state index in [1.165, 1.54) is 0 Å². The fraction of sp³-hybridized carbons (Fsp3) is 0. The van der Waals surface area contributed by atoms with Gasteiger partial charge in [-0.1, -0.05) is 84.9 Å². The molecule has 52 heavy (non-hydrogen) atoms. The first-order chi connectivity index (χ1) is 25.7. The number of carbonyl (C=O) groups excluding carboxylic acids is 2. The Hall–Kier alpha value is -7.32. The molecule has 6 aromatic carbocycles. The van der Waals surface area contributed by atoms with E-state index in [0.717, 1.165) is 58.0 Å². The summed E-state index contributed by atoms with van der Waals surface area (Å²) in [7, 11) is 0. The molecule has 0 bridgehead atoms. The molecule has 0 radical (unpaired) electrons. The van der Waals surface area contributed by atoms with Gasteiger partial charge in [0.1, 0.15) is 35.6 Å². The van der Waals surface area contributed by atoms with Crippen molar-refractivity contribution in [2.24, 2.45) is 0 Å². The normalized spacial score (nSPS) is 10.8. The molecule has 8 nitrogen and oxygen atoms in total. The molecular formula is C44H30N4O4. The van der Waals surface area contributed by atoms with Crippen molar-refractivity contribution in [1.29, 1.82) is 0 Å². The van der Waals surface area contributed by atoms with E-state index < -0.39 is 0 Å². The summed E-state index contributed by atoms with van der Waals surface area (Å²) in [5, 5.41) is 0.